The molecule has 0 aliphatic carbocycles. The van der Waals surface area contributed by atoms with Crippen molar-refractivity contribution in [1.82, 2.24) is 5.32 Å². The van der Waals surface area contributed by atoms with E-state index in [4.69, 9.17) is 5.26 Å². The molecule has 0 spiro atoms. The van der Waals surface area contributed by atoms with Crippen LogP contribution in [0.25, 0.3) is 0 Å². The molecule has 0 saturated heterocycles. The van der Waals surface area contributed by atoms with Gasteiger partial charge in [0, 0.05) is 18.7 Å². The lowest BCUT2D eigenvalue weighted by atomic mass is 10.2. The molecule has 78 valence electrons. The van der Waals surface area contributed by atoms with Gasteiger partial charge >= 0.3 is 0 Å². The smallest absolute Gasteiger partial charge is 0.225 e. The third-order valence-electron chi connectivity index (χ3n) is 1.88. The molecule has 0 aliphatic rings. The van der Waals surface area contributed by atoms with E-state index in [0.717, 1.165) is 0 Å². The highest BCUT2D eigenvalue weighted by atomic mass is 16.1. The van der Waals surface area contributed by atoms with Gasteiger partial charge in [-0.25, -0.2) is 0 Å². The highest BCUT2D eigenvalue weighted by molar-refractivity contribution is 5.90. The number of hydrogen-bond acceptors (Lipinski definition) is 3. The lowest BCUT2D eigenvalue weighted by molar-refractivity contribution is -0.116. The molecule has 0 saturated carbocycles. The summed E-state index contributed by atoms with van der Waals surface area (Å²) in [7, 11) is 1.80. The molecular formula is C11H13N3O. The first-order valence-corrected chi connectivity index (χ1v) is 4.71. The minimum absolute atomic E-state index is 0.0561. The molecule has 1 amide bonds. The van der Waals surface area contributed by atoms with Gasteiger partial charge < -0.3 is 10.6 Å². The molecule has 0 atom stereocenters. The van der Waals surface area contributed by atoms with Crippen LogP contribution in [0.2, 0.25) is 0 Å². The monoisotopic (exact) mass is 203 g/mol. The van der Waals surface area contributed by atoms with E-state index in [0.29, 0.717) is 24.2 Å². The summed E-state index contributed by atoms with van der Waals surface area (Å²) in [5, 5.41) is 14.3. The highest BCUT2D eigenvalue weighted by Crippen LogP contribution is 2.09. The molecule has 2 N–H and O–H groups in total. The van der Waals surface area contributed by atoms with Crippen LogP contribution >= 0.6 is 0 Å². The molecule has 15 heavy (non-hydrogen) atoms. The van der Waals surface area contributed by atoms with Gasteiger partial charge in [-0.3, -0.25) is 4.79 Å². The number of nitriles is 1. The zero-order valence-electron chi connectivity index (χ0n) is 8.58. The van der Waals surface area contributed by atoms with Gasteiger partial charge in [-0.05, 0) is 25.2 Å². The topological polar surface area (TPSA) is 64.9 Å². The third-order valence-corrected chi connectivity index (χ3v) is 1.88. The summed E-state index contributed by atoms with van der Waals surface area (Å²) in [4.78, 5) is 11.3. The molecule has 0 heterocycles. The molecule has 4 nitrogen and oxygen atoms in total. The maximum absolute atomic E-state index is 11.3. The Morgan fingerprint density at radius 1 is 1.53 bits per heavy atom. The number of nitrogens with one attached hydrogen (secondary N) is 2. The van der Waals surface area contributed by atoms with E-state index >= 15 is 0 Å². The standard InChI is InChI=1S/C11H13N3O/c1-13-6-5-11(15)14-10-4-2-3-9(7-10)8-12/h2-4,7,13H,5-6H2,1H3,(H,14,15). The van der Waals surface area contributed by atoms with Gasteiger partial charge in [0.2, 0.25) is 5.91 Å². The minimum Gasteiger partial charge on any atom is -0.326 e. The summed E-state index contributed by atoms with van der Waals surface area (Å²) in [6.07, 6.45) is 0.424. The summed E-state index contributed by atoms with van der Waals surface area (Å²) in [5.74, 6) is -0.0561. The Morgan fingerprint density at radius 3 is 3.00 bits per heavy atom. The Balaban J connectivity index is 2.57. The van der Waals surface area contributed by atoms with Crippen molar-refractivity contribution in [3.8, 4) is 6.07 Å². The average Bonchev–Trinajstić information content (AvgIpc) is 2.26. The van der Waals surface area contributed by atoms with E-state index < -0.39 is 0 Å². The van der Waals surface area contributed by atoms with Crippen LogP contribution in [-0.2, 0) is 4.79 Å². The maximum atomic E-state index is 11.3. The highest BCUT2D eigenvalue weighted by Gasteiger charge is 2.01. The number of amides is 1. The molecule has 1 aromatic rings. The van der Waals surface area contributed by atoms with Gasteiger partial charge in [-0.1, -0.05) is 6.07 Å². The van der Waals surface area contributed by atoms with Crippen molar-refractivity contribution in [2.45, 2.75) is 6.42 Å². The fourth-order valence-electron chi connectivity index (χ4n) is 1.13. The Bertz CT molecular complexity index is 382. The Kier molecular flexibility index (Phi) is 4.32. The lowest BCUT2D eigenvalue weighted by Crippen LogP contribution is -2.18. The van der Waals surface area contributed by atoms with Crippen molar-refractivity contribution in [2.24, 2.45) is 0 Å². The molecule has 0 aliphatic heterocycles. The van der Waals surface area contributed by atoms with Gasteiger partial charge in [0.15, 0.2) is 0 Å². The molecule has 4 heteroatoms. The maximum Gasteiger partial charge on any atom is 0.225 e. The number of carbonyl (C=O) groups excluding carboxylic acids is 1. The van der Waals surface area contributed by atoms with E-state index in [1.54, 1.807) is 31.3 Å². The van der Waals surface area contributed by atoms with Crippen LogP contribution in [0.4, 0.5) is 5.69 Å². The average molecular weight is 203 g/mol. The quantitative estimate of drug-likeness (QED) is 0.770. The van der Waals surface area contributed by atoms with Gasteiger partial charge in [0.25, 0.3) is 0 Å². The minimum atomic E-state index is -0.0561. The third kappa shape index (κ3) is 3.79. The fraction of sp³-hybridized carbons (Fsp3) is 0.273. The fourth-order valence-corrected chi connectivity index (χ4v) is 1.13. The van der Waals surface area contributed by atoms with Crippen molar-refractivity contribution in [3.63, 3.8) is 0 Å². The second-order valence-electron chi connectivity index (χ2n) is 3.09. The lowest BCUT2D eigenvalue weighted by Gasteiger charge is -2.04. The summed E-state index contributed by atoms with van der Waals surface area (Å²) >= 11 is 0. The van der Waals surface area contributed by atoms with Crippen LogP contribution in [-0.4, -0.2) is 19.5 Å². The molecule has 0 fully saturated rings. The Labute approximate surface area is 88.9 Å². The summed E-state index contributed by atoms with van der Waals surface area (Å²) in [6.45, 7) is 0.643. The van der Waals surface area contributed by atoms with Crippen molar-refractivity contribution < 1.29 is 4.79 Å². The van der Waals surface area contributed by atoms with Crippen LogP contribution in [0.5, 0.6) is 0 Å². The Morgan fingerprint density at radius 2 is 2.33 bits per heavy atom. The van der Waals surface area contributed by atoms with Gasteiger partial charge in [-0.15, -0.1) is 0 Å². The van der Waals surface area contributed by atoms with Crippen LogP contribution in [0, 0.1) is 11.3 Å². The Hall–Kier alpha value is -1.86. The molecular weight excluding hydrogens is 190 g/mol. The second-order valence-corrected chi connectivity index (χ2v) is 3.09. The molecule has 0 bridgehead atoms. The first-order chi connectivity index (χ1) is 7.26. The number of hydrogen-bond donors (Lipinski definition) is 2. The van der Waals surface area contributed by atoms with E-state index in [-0.39, 0.29) is 5.91 Å². The van der Waals surface area contributed by atoms with E-state index in [1.807, 2.05) is 6.07 Å². The predicted molar refractivity (Wildman–Crippen MR) is 58.3 cm³/mol. The van der Waals surface area contributed by atoms with Gasteiger partial charge in [0.05, 0.1) is 11.6 Å². The number of carbonyl (C=O) groups is 1. The van der Waals surface area contributed by atoms with Crippen LogP contribution < -0.4 is 10.6 Å². The zero-order chi connectivity index (χ0) is 11.1. The first-order valence-electron chi connectivity index (χ1n) is 4.71. The van der Waals surface area contributed by atoms with E-state index in [1.165, 1.54) is 0 Å². The summed E-state index contributed by atoms with van der Waals surface area (Å²) in [5.41, 5.74) is 1.21. The van der Waals surface area contributed by atoms with Crippen molar-refractivity contribution in [1.29, 1.82) is 5.26 Å². The predicted octanol–water partition coefficient (Wildman–Crippen LogP) is 1.11. The molecule has 1 rings (SSSR count). The number of rotatable bonds is 4. The molecule has 0 radical (unpaired) electrons. The van der Waals surface area contributed by atoms with Gasteiger partial charge in [-0.2, -0.15) is 5.26 Å². The van der Waals surface area contributed by atoms with Crippen molar-refractivity contribution in [2.75, 3.05) is 18.9 Å². The zero-order valence-corrected chi connectivity index (χ0v) is 8.58. The van der Waals surface area contributed by atoms with E-state index in [2.05, 4.69) is 10.6 Å². The number of anilines is 1. The first kappa shape index (κ1) is 11.2. The number of nitrogens with zero attached hydrogens (tertiary/aromatic N) is 1. The van der Waals surface area contributed by atoms with Crippen LogP contribution in [0.3, 0.4) is 0 Å². The molecule has 0 aromatic heterocycles. The number of benzene rings is 1. The summed E-state index contributed by atoms with van der Waals surface area (Å²) in [6, 6.07) is 8.87. The largest absolute Gasteiger partial charge is 0.326 e. The van der Waals surface area contributed by atoms with Crippen molar-refractivity contribution >= 4 is 11.6 Å². The van der Waals surface area contributed by atoms with Crippen molar-refractivity contribution in [3.05, 3.63) is 29.8 Å². The normalized spacial score (nSPS) is 9.33. The van der Waals surface area contributed by atoms with Crippen LogP contribution in [0.1, 0.15) is 12.0 Å². The molecule has 1 aromatic carbocycles. The second kappa shape index (κ2) is 5.78. The molecule has 0 unspecified atom stereocenters. The SMILES string of the molecule is CNCCC(=O)Nc1cccc(C#N)c1. The van der Waals surface area contributed by atoms with Gasteiger partial charge in [0.1, 0.15) is 0 Å². The van der Waals surface area contributed by atoms with E-state index in [9.17, 15) is 4.79 Å². The van der Waals surface area contributed by atoms with Crippen LogP contribution in [0.15, 0.2) is 24.3 Å². The summed E-state index contributed by atoms with van der Waals surface area (Å²) < 4.78 is 0.